The monoisotopic (exact) mass is 511 g/mol. The molecule has 1 aromatic heterocycles. The summed E-state index contributed by atoms with van der Waals surface area (Å²) in [7, 11) is 3.12. The third-order valence-corrected chi connectivity index (χ3v) is 6.42. The van der Waals surface area contributed by atoms with Gasteiger partial charge in [0.15, 0.2) is 0 Å². The number of aromatic nitrogens is 3. The second-order valence-corrected chi connectivity index (χ2v) is 8.96. The maximum absolute atomic E-state index is 13.7. The zero-order chi connectivity index (χ0) is 26.6. The lowest BCUT2D eigenvalue weighted by Crippen LogP contribution is -2.31. The van der Waals surface area contributed by atoms with Crippen LogP contribution in [0.1, 0.15) is 29.7 Å². The van der Waals surface area contributed by atoms with E-state index in [0.717, 1.165) is 16.9 Å². The standard InChI is InChI=1S/C29H29N5O4/c1-18-5-7-20(8-6-18)16-38-22-11-9-21(10-12-22)27-26(19(2)32-29-30-17-31-34(27)29)28(35)33-24-15-23(36-3)13-14-25(24)37-4/h5-15,17,27H,16H2,1-4H3,(H,33,35)(H,30,31,32). The summed E-state index contributed by atoms with van der Waals surface area (Å²) in [5, 5.41) is 10.6. The molecule has 0 spiro atoms. The van der Waals surface area contributed by atoms with Crippen molar-refractivity contribution < 1.29 is 19.0 Å². The molecule has 9 nitrogen and oxygen atoms in total. The summed E-state index contributed by atoms with van der Waals surface area (Å²) in [4.78, 5) is 18.0. The Hall–Kier alpha value is -4.79. The highest BCUT2D eigenvalue weighted by Gasteiger charge is 2.33. The van der Waals surface area contributed by atoms with Crippen molar-refractivity contribution in [1.29, 1.82) is 0 Å². The number of hydrogen-bond acceptors (Lipinski definition) is 7. The first-order chi connectivity index (χ1) is 18.5. The number of aryl methyl sites for hydroxylation is 1. The molecule has 1 aliphatic rings. The van der Waals surface area contributed by atoms with Crippen LogP contribution in [0.2, 0.25) is 0 Å². The highest BCUT2D eigenvalue weighted by atomic mass is 16.5. The molecule has 0 saturated carbocycles. The van der Waals surface area contributed by atoms with Crippen LogP contribution in [0.5, 0.6) is 17.2 Å². The average molecular weight is 512 g/mol. The van der Waals surface area contributed by atoms with Crippen molar-refractivity contribution in [3.05, 3.63) is 101 Å². The van der Waals surface area contributed by atoms with Gasteiger partial charge in [0.05, 0.1) is 25.5 Å². The first-order valence-electron chi connectivity index (χ1n) is 12.2. The number of amides is 1. The minimum absolute atomic E-state index is 0.299. The van der Waals surface area contributed by atoms with Gasteiger partial charge in [-0.1, -0.05) is 42.0 Å². The lowest BCUT2D eigenvalue weighted by atomic mass is 9.95. The molecular weight excluding hydrogens is 482 g/mol. The van der Waals surface area contributed by atoms with Crippen LogP contribution in [0.25, 0.3) is 0 Å². The van der Waals surface area contributed by atoms with Crippen LogP contribution >= 0.6 is 0 Å². The van der Waals surface area contributed by atoms with Crippen molar-refractivity contribution in [3.63, 3.8) is 0 Å². The topological polar surface area (TPSA) is 99.5 Å². The zero-order valence-electron chi connectivity index (χ0n) is 21.7. The zero-order valence-corrected chi connectivity index (χ0v) is 21.7. The molecule has 0 aliphatic carbocycles. The predicted octanol–water partition coefficient (Wildman–Crippen LogP) is 5.11. The van der Waals surface area contributed by atoms with Crippen molar-refractivity contribution in [3.8, 4) is 17.2 Å². The molecular formula is C29H29N5O4. The normalized spacial score (nSPS) is 14.4. The summed E-state index contributed by atoms with van der Waals surface area (Å²) >= 11 is 0. The number of ether oxygens (including phenoxy) is 3. The number of allylic oxidation sites excluding steroid dienone is 1. The lowest BCUT2D eigenvalue weighted by molar-refractivity contribution is -0.113. The van der Waals surface area contributed by atoms with E-state index in [0.29, 0.717) is 41.0 Å². The van der Waals surface area contributed by atoms with E-state index in [9.17, 15) is 4.79 Å². The molecule has 0 radical (unpaired) electrons. The largest absolute Gasteiger partial charge is 0.497 e. The van der Waals surface area contributed by atoms with E-state index in [1.54, 1.807) is 37.1 Å². The van der Waals surface area contributed by atoms with Gasteiger partial charge in [0.1, 0.15) is 36.2 Å². The molecule has 0 saturated heterocycles. The molecule has 5 rings (SSSR count). The third-order valence-electron chi connectivity index (χ3n) is 6.42. The van der Waals surface area contributed by atoms with Crippen LogP contribution in [0.3, 0.4) is 0 Å². The lowest BCUT2D eigenvalue weighted by Gasteiger charge is -2.29. The van der Waals surface area contributed by atoms with Crippen molar-refractivity contribution in [1.82, 2.24) is 14.8 Å². The number of hydrogen-bond donors (Lipinski definition) is 2. The van der Waals surface area contributed by atoms with E-state index in [4.69, 9.17) is 14.2 Å². The number of nitrogens with one attached hydrogen (secondary N) is 2. The van der Waals surface area contributed by atoms with Crippen LogP contribution in [0.15, 0.2) is 84.3 Å². The van der Waals surface area contributed by atoms with Gasteiger partial charge in [-0.05, 0) is 49.2 Å². The smallest absolute Gasteiger partial charge is 0.255 e. The fourth-order valence-electron chi connectivity index (χ4n) is 4.39. The Balaban J connectivity index is 1.42. The number of carbonyl (C=O) groups excluding carboxylic acids is 1. The molecule has 1 unspecified atom stereocenters. The number of fused-ring (bicyclic) bond motifs is 1. The molecule has 1 aliphatic heterocycles. The van der Waals surface area contributed by atoms with Crippen LogP contribution in [0, 0.1) is 6.92 Å². The summed E-state index contributed by atoms with van der Waals surface area (Å²) < 4.78 is 18.5. The Morgan fingerprint density at radius 2 is 1.71 bits per heavy atom. The van der Waals surface area contributed by atoms with E-state index in [-0.39, 0.29) is 5.91 Å². The van der Waals surface area contributed by atoms with Gasteiger partial charge in [-0.15, -0.1) is 0 Å². The molecule has 9 heteroatoms. The summed E-state index contributed by atoms with van der Waals surface area (Å²) in [6.45, 7) is 4.37. The Morgan fingerprint density at radius 3 is 2.42 bits per heavy atom. The number of methoxy groups -OCH3 is 2. The van der Waals surface area contributed by atoms with Gasteiger partial charge >= 0.3 is 0 Å². The maximum atomic E-state index is 13.7. The Labute approximate surface area is 221 Å². The molecule has 1 atom stereocenters. The molecule has 2 N–H and O–H groups in total. The van der Waals surface area contributed by atoms with Crippen molar-refractivity contribution >= 4 is 17.5 Å². The van der Waals surface area contributed by atoms with Crippen molar-refractivity contribution in [2.75, 3.05) is 24.9 Å². The number of nitrogens with zero attached hydrogens (tertiary/aromatic N) is 3. The van der Waals surface area contributed by atoms with Crippen molar-refractivity contribution in [2.45, 2.75) is 26.5 Å². The average Bonchev–Trinajstić information content (AvgIpc) is 3.40. The minimum Gasteiger partial charge on any atom is -0.497 e. The number of anilines is 2. The SMILES string of the molecule is COc1ccc(OC)c(NC(=O)C2=C(C)Nc3ncnn3C2c2ccc(OCc3ccc(C)cc3)cc2)c1. The van der Waals surface area contributed by atoms with Gasteiger partial charge in [0.25, 0.3) is 5.91 Å². The first-order valence-corrected chi connectivity index (χ1v) is 12.2. The van der Waals surface area contributed by atoms with E-state index in [1.807, 2.05) is 31.2 Å². The van der Waals surface area contributed by atoms with E-state index < -0.39 is 6.04 Å². The quantitative estimate of drug-likeness (QED) is 0.339. The highest BCUT2D eigenvalue weighted by Crippen LogP contribution is 2.37. The number of carbonyl (C=O) groups is 1. The second-order valence-electron chi connectivity index (χ2n) is 8.96. The van der Waals surface area contributed by atoms with Crippen LogP contribution in [-0.4, -0.2) is 34.9 Å². The van der Waals surface area contributed by atoms with Crippen LogP contribution in [0.4, 0.5) is 11.6 Å². The summed E-state index contributed by atoms with van der Waals surface area (Å²) in [5.41, 5.74) is 4.84. The molecule has 1 amide bonds. The van der Waals surface area contributed by atoms with E-state index >= 15 is 0 Å². The number of rotatable bonds is 8. The fourth-order valence-corrected chi connectivity index (χ4v) is 4.39. The number of benzene rings is 3. The van der Waals surface area contributed by atoms with Crippen LogP contribution < -0.4 is 24.8 Å². The molecule has 0 bridgehead atoms. The molecule has 3 aromatic carbocycles. The summed E-state index contributed by atoms with van der Waals surface area (Å²) in [5.74, 6) is 2.11. The van der Waals surface area contributed by atoms with Gasteiger partial charge in [-0.3, -0.25) is 4.79 Å². The third kappa shape index (κ3) is 5.04. The van der Waals surface area contributed by atoms with E-state index in [1.165, 1.54) is 11.9 Å². The van der Waals surface area contributed by atoms with Gasteiger partial charge in [0, 0.05) is 11.8 Å². The molecule has 194 valence electrons. The Bertz CT molecular complexity index is 1480. The summed E-state index contributed by atoms with van der Waals surface area (Å²) in [6.07, 6.45) is 1.47. The predicted molar refractivity (Wildman–Crippen MR) is 145 cm³/mol. The first kappa shape index (κ1) is 24.9. The molecule has 38 heavy (non-hydrogen) atoms. The fraction of sp³-hybridized carbons (Fsp3) is 0.207. The second kappa shape index (κ2) is 10.7. The Kier molecular flexibility index (Phi) is 6.99. The minimum atomic E-state index is -0.503. The maximum Gasteiger partial charge on any atom is 0.255 e. The van der Waals surface area contributed by atoms with Crippen molar-refractivity contribution in [2.24, 2.45) is 0 Å². The molecule has 0 fully saturated rings. The molecule has 4 aromatic rings. The van der Waals surface area contributed by atoms with Gasteiger partial charge in [-0.2, -0.15) is 10.1 Å². The summed E-state index contributed by atoms with van der Waals surface area (Å²) in [6, 6.07) is 20.7. The Morgan fingerprint density at radius 1 is 0.974 bits per heavy atom. The molecule has 2 heterocycles. The van der Waals surface area contributed by atoms with E-state index in [2.05, 4.69) is 51.9 Å². The van der Waals surface area contributed by atoms with Gasteiger partial charge in [0.2, 0.25) is 5.95 Å². The highest BCUT2D eigenvalue weighted by molar-refractivity contribution is 6.06. The van der Waals surface area contributed by atoms with Crippen LogP contribution in [-0.2, 0) is 11.4 Å². The van der Waals surface area contributed by atoms with Gasteiger partial charge < -0.3 is 24.8 Å². The van der Waals surface area contributed by atoms with Gasteiger partial charge in [-0.25, -0.2) is 4.68 Å².